The Bertz CT molecular complexity index is 124. The first-order valence-corrected chi connectivity index (χ1v) is 4.78. The molecule has 0 aliphatic rings. The highest BCUT2D eigenvalue weighted by molar-refractivity contribution is 4.73. The molecule has 0 aromatic heterocycles. The van der Waals surface area contributed by atoms with E-state index >= 15 is 0 Å². The largest absolute Gasteiger partial charge is 0.376 e. The van der Waals surface area contributed by atoms with Crippen molar-refractivity contribution in [2.75, 3.05) is 0 Å². The average molecular weight is 173 g/mol. The standard InChI is InChI=1S/C10H23NO/c1-5-6-10(11,12)8-7-9(2,3)4/h12H,5-8,11H2,1-4H3. The van der Waals surface area contributed by atoms with Crippen LogP contribution in [0.15, 0.2) is 0 Å². The molecule has 0 spiro atoms. The normalized spacial score (nSPS) is 17.5. The van der Waals surface area contributed by atoms with Crippen molar-refractivity contribution in [3.63, 3.8) is 0 Å². The van der Waals surface area contributed by atoms with Crippen molar-refractivity contribution in [2.24, 2.45) is 11.1 Å². The van der Waals surface area contributed by atoms with Gasteiger partial charge >= 0.3 is 0 Å². The zero-order valence-electron chi connectivity index (χ0n) is 8.85. The first kappa shape index (κ1) is 11.9. The summed E-state index contributed by atoms with van der Waals surface area (Å²) in [7, 11) is 0. The third-order valence-corrected chi connectivity index (χ3v) is 1.99. The molecule has 0 rings (SSSR count). The van der Waals surface area contributed by atoms with Crippen LogP contribution in [-0.2, 0) is 0 Å². The van der Waals surface area contributed by atoms with Crippen molar-refractivity contribution in [3.05, 3.63) is 0 Å². The molecule has 0 bridgehead atoms. The highest BCUT2D eigenvalue weighted by Gasteiger charge is 2.22. The minimum Gasteiger partial charge on any atom is -0.376 e. The Labute approximate surface area is 76.2 Å². The van der Waals surface area contributed by atoms with Crippen LogP contribution in [0.4, 0.5) is 0 Å². The minimum absolute atomic E-state index is 0.265. The molecule has 0 aromatic rings. The van der Waals surface area contributed by atoms with Gasteiger partial charge in [-0.3, -0.25) is 0 Å². The van der Waals surface area contributed by atoms with Crippen molar-refractivity contribution in [1.29, 1.82) is 0 Å². The van der Waals surface area contributed by atoms with Crippen LogP contribution in [0.1, 0.15) is 53.4 Å². The molecule has 0 aromatic carbocycles. The molecule has 0 saturated carbocycles. The number of nitrogens with two attached hydrogens (primary N) is 1. The second-order valence-corrected chi connectivity index (χ2v) is 4.91. The van der Waals surface area contributed by atoms with Gasteiger partial charge < -0.3 is 10.8 Å². The van der Waals surface area contributed by atoms with E-state index in [0.29, 0.717) is 12.8 Å². The van der Waals surface area contributed by atoms with Gasteiger partial charge in [-0.1, -0.05) is 34.1 Å². The molecular formula is C10H23NO. The van der Waals surface area contributed by atoms with Gasteiger partial charge in [-0.25, -0.2) is 0 Å². The first-order chi connectivity index (χ1) is 5.27. The lowest BCUT2D eigenvalue weighted by Gasteiger charge is -2.27. The zero-order chi connectivity index (χ0) is 9.83. The van der Waals surface area contributed by atoms with Crippen molar-refractivity contribution in [2.45, 2.75) is 59.1 Å². The van der Waals surface area contributed by atoms with Gasteiger partial charge in [0.1, 0.15) is 5.72 Å². The topological polar surface area (TPSA) is 46.2 Å². The van der Waals surface area contributed by atoms with E-state index in [2.05, 4.69) is 20.8 Å². The van der Waals surface area contributed by atoms with Gasteiger partial charge in [-0.2, -0.15) is 0 Å². The predicted octanol–water partition coefficient (Wildman–Crippen LogP) is 2.26. The van der Waals surface area contributed by atoms with Crippen LogP contribution in [0.3, 0.4) is 0 Å². The van der Waals surface area contributed by atoms with Gasteiger partial charge in [-0.05, 0) is 24.7 Å². The molecule has 0 aliphatic heterocycles. The summed E-state index contributed by atoms with van der Waals surface area (Å²) in [6.07, 6.45) is 3.31. The Hall–Kier alpha value is -0.0800. The fourth-order valence-electron chi connectivity index (χ4n) is 1.15. The number of aliphatic hydroxyl groups is 1. The van der Waals surface area contributed by atoms with Crippen LogP contribution < -0.4 is 5.73 Å². The van der Waals surface area contributed by atoms with Gasteiger partial charge in [0.25, 0.3) is 0 Å². The van der Waals surface area contributed by atoms with E-state index in [1.165, 1.54) is 0 Å². The van der Waals surface area contributed by atoms with Gasteiger partial charge in [-0.15, -0.1) is 0 Å². The van der Waals surface area contributed by atoms with Crippen LogP contribution in [-0.4, -0.2) is 10.8 Å². The molecule has 12 heavy (non-hydrogen) atoms. The lowest BCUT2D eigenvalue weighted by Crippen LogP contribution is -2.40. The maximum atomic E-state index is 9.66. The van der Waals surface area contributed by atoms with E-state index in [0.717, 1.165) is 12.8 Å². The highest BCUT2D eigenvalue weighted by atomic mass is 16.3. The van der Waals surface area contributed by atoms with Crippen molar-refractivity contribution < 1.29 is 5.11 Å². The SMILES string of the molecule is CCCC(N)(O)CCC(C)(C)C. The summed E-state index contributed by atoms with van der Waals surface area (Å²) in [5.41, 5.74) is 5.01. The van der Waals surface area contributed by atoms with E-state index < -0.39 is 5.72 Å². The van der Waals surface area contributed by atoms with E-state index in [-0.39, 0.29) is 5.41 Å². The number of hydrogen-bond donors (Lipinski definition) is 2. The smallest absolute Gasteiger partial charge is 0.113 e. The third kappa shape index (κ3) is 6.62. The molecule has 0 heterocycles. The molecule has 0 aliphatic carbocycles. The van der Waals surface area contributed by atoms with E-state index in [4.69, 9.17) is 5.73 Å². The molecule has 0 fully saturated rings. The molecule has 1 unspecified atom stereocenters. The Morgan fingerprint density at radius 2 is 1.58 bits per heavy atom. The summed E-state index contributed by atoms with van der Waals surface area (Å²) in [4.78, 5) is 0. The second-order valence-electron chi connectivity index (χ2n) is 4.91. The summed E-state index contributed by atoms with van der Waals surface area (Å²) in [6, 6.07) is 0. The summed E-state index contributed by atoms with van der Waals surface area (Å²) >= 11 is 0. The monoisotopic (exact) mass is 173 g/mol. The quantitative estimate of drug-likeness (QED) is 0.641. The average Bonchev–Trinajstić information content (AvgIpc) is 1.83. The Morgan fingerprint density at radius 3 is 1.92 bits per heavy atom. The molecule has 74 valence electrons. The summed E-state index contributed by atoms with van der Waals surface area (Å²) in [5, 5.41) is 9.66. The van der Waals surface area contributed by atoms with Gasteiger partial charge in [0.05, 0.1) is 0 Å². The van der Waals surface area contributed by atoms with Crippen LogP contribution in [0.25, 0.3) is 0 Å². The van der Waals surface area contributed by atoms with Crippen molar-refractivity contribution in [3.8, 4) is 0 Å². The first-order valence-electron chi connectivity index (χ1n) is 4.78. The van der Waals surface area contributed by atoms with Crippen LogP contribution >= 0.6 is 0 Å². The Balaban J connectivity index is 3.75. The molecule has 0 radical (unpaired) electrons. The van der Waals surface area contributed by atoms with Crippen LogP contribution in [0, 0.1) is 5.41 Å². The van der Waals surface area contributed by atoms with E-state index in [1.54, 1.807) is 0 Å². The third-order valence-electron chi connectivity index (χ3n) is 1.99. The van der Waals surface area contributed by atoms with Gasteiger partial charge in [0.15, 0.2) is 0 Å². The minimum atomic E-state index is -0.942. The molecule has 2 heteroatoms. The highest BCUT2D eigenvalue weighted by Crippen LogP contribution is 2.25. The fourth-order valence-corrected chi connectivity index (χ4v) is 1.15. The van der Waals surface area contributed by atoms with Crippen molar-refractivity contribution in [1.82, 2.24) is 0 Å². The maximum absolute atomic E-state index is 9.66. The summed E-state index contributed by atoms with van der Waals surface area (Å²) in [6.45, 7) is 8.52. The second kappa shape index (κ2) is 4.24. The van der Waals surface area contributed by atoms with Crippen molar-refractivity contribution >= 4 is 0 Å². The zero-order valence-corrected chi connectivity index (χ0v) is 8.85. The molecule has 3 N–H and O–H groups in total. The Kier molecular flexibility index (Phi) is 4.21. The molecule has 0 amide bonds. The van der Waals surface area contributed by atoms with Crippen LogP contribution in [0.5, 0.6) is 0 Å². The van der Waals surface area contributed by atoms with Gasteiger partial charge in [0, 0.05) is 0 Å². The molecule has 2 nitrogen and oxygen atoms in total. The Morgan fingerprint density at radius 1 is 1.08 bits per heavy atom. The summed E-state index contributed by atoms with van der Waals surface area (Å²) in [5.74, 6) is 0. The molecule has 1 atom stereocenters. The lowest BCUT2D eigenvalue weighted by atomic mass is 9.87. The van der Waals surface area contributed by atoms with Gasteiger partial charge in [0.2, 0.25) is 0 Å². The number of hydrogen-bond acceptors (Lipinski definition) is 2. The number of rotatable bonds is 4. The fraction of sp³-hybridized carbons (Fsp3) is 1.00. The maximum Gasteiger partial charge on any atom is 0.113 e. The predicted molar refractivity (Wildman–Crippen MR) is 52.7 cm³/mol. The van der Waals surface area contributed by atoms with E-state index in [9.17, 15) is 5.11 Å². The molecular weight excluding hydrogens is 150 g/mol. The molecule has 0 saturated heterocycles. The van der Waals surface area contributed by atoms with E-state index in [1.807, 2.05) is 6.92 Å². The lowest BCUT2D eigenvalue weighted by molar-refractivity contribution is 0.0181. The summed E-state index contributed by atoms with van der Waals surface area (Å²) < 4.78 is 0. The van der Waals surface area contributed by atoms with Crippen LogP contribution in [0.2, 0.25) is 0 Å².